The zero-order chi connectivity index (χ0) is 12.8. The second kappa shape index (κ2) is 6.28. The van der Waals surface area contributed by atoms with Crippen molar-refractivity contribution >= 4 is 5.78 Å². The summed E-state index contributed by atoms with van der Waals surface area (Å²) >= 11 is 0. The number of Topliss-reactive ketones (excluding diaryl/α,β-unsaturated/α-hetero) is 1. The summed E-state index contributed by atoms with van der Waals surface area (Å²) in [6.45, 7) is 6.47. The van der Waals surface area contributed by atoms with Crippen LogP contribution in [0.5, 0.6) is 11.5 Å². The van der Waals surface area contributed by atoms with E-state index in [4.69, 9.17) is 9.47 Å². The fraction of sp³-hybridized carbons (Fsp3) is 0.500. The van der Waals surface area contributed by atoms with E-state index in [1.807, 2.05) is 0 Å². The van der Waals surface area contributed by atoms with Crippen LogP contribution >= 0.6 is 0 Å². The minimum absolute atomic E-state index is 0.0290. The van der Waals surface area contributed by atoms with Gasteiger partial charge in [0.25, 0.3) is 0 Å². The first-order chi connectivity index (χ1) is 8.04. The molecular weight excluding hydrogens is 216 g/mol. The van der Waals surface area contributed by atoms with Crippen molar-refractivity contribution in [2.45, 2.75) is 27.2 Å². The lowest BCUT2D eigenvalue weighted by molar-refractivity contribution is 0.101. The largest absolute Gasteiger partial charge is 0.493 e. The highest BCUT2D eigenvalue weighted by Gasteiger charge is 2.08. The molecule has 0 aliphatic carbocycles. The summed E-state index contributed by atoms with van der Waals surface area (Å²) in [5.41, 5.74) is 0.644. The molecule has 3 heteroatoms. The zero-order valence-corrected chi connectivity index (χ0v) is 10.9. The highest BCUT2D eigenvalue weighted by atomic mass is 16.5. The van der Waals surface area contributed by atoms with Gasteiger partial charge in [-0.15, -0.1) is 0 Å². The maximum atomic E-state index is 11.3. The molecule has 1 aromatic carbocycles. The lowest BCUT2D eigenvalue weighted by Gasteiger charge is -2.12. The van der Waals surface area contributed by atoms with E-state index in [-0.39, 0.29) is 5.78 Å². The van der Waals surface area contributed by atoms with Gasteiger partial charge in [0.2, 0.25) is 0 Å². The van der Waals surface area contributed by atoms with Gasteiger partial charge in [0.05, 0.1) is 13.7 Å². The number of hydrogen-bond acceptors (Lipinski definition) is 3. The van der Waals surface area contributed by atoms with Crippen LogP contribution in [-0.4, -0.2) is 19.5 Å². The molecule has 3 nitrogen and oxygen atoms in total. The van der Waals surface area contributed by atoms with Gasteiger partial charge in [0, 0.05) is 5.56 Å². The molecule has 0 spiro atoms. The summed E-state index contributed by atoms with van der Waals surface area (Å²) in [6.07, 6.45) is 0.980. The van der Waals surface area contributed by atoms with E-state index in [0.717, 1.165) is 6.42 Å². The van der Waals surface area contributed by atoms with Crippen molar-refractivity contribution in [3.63, 3.8) is 0 Å². The van der Waals surface area contributed by atoms with E-state index in [1.54, 1.807) is 32.2 Å². The third-order valence-corrected chi connectivity index (χ3v) is 2.52. The highest BCUT2D eigenvalue weighted by molar-refractivity contribution is 5.94. The Balaban J connectivity index is 2.79. The molecule has 94 valence electrons. The van der Waals surface area contributed by atoms with E-state index in [9.17, 15) is 4.79 Å². The first-order valence-corrected chi connectivity index (χ1v) is 5.86. The minimum atomic E-state index is 0.0290. The number of ether oxygens (including phenoxy) is 2. The Hall–Kier alpha value is -1.51. The van der Waals surface area contributed by atoms with Crippen LogP contribution in [0.4, 0.5) is 0 Å². The minimum Gasteiger partial charge on any atom is -0.493 e. The third-order valence-electron chi connectivity index (χ3n) is 2.52. The van der Waals surface area contributed by atoms with Gasteiger partial charge >= 0.3 is 0 Å². The van der Waals surface area contributed by atoms with Crippen molar-refractivity contribution in [2.75, 3.05) is 13.7 Å². The first kappa shape index (κ1) is 13.6. The molecule has 0 radical (unpaired) electrons. The van der Waals surface area contributed by atoms with Crippen LogP contribution < -0.4 is 9.47 Å². The number of ketones is 1. The molecule has 0 bridgehead atoms. The Labute approximate surface area is 103 Å². The smallest absolute Gasteiger partial charge is 0.161 e. The second-order valence-corrected chi connectivity index (χ2v) is 4.45. The first-order valence-electron chi connectivity index (χ1n) is 5.86. The fourth-order valence-corrected chi connectivity index (χ4v) is 1.41. The topological polar surface area (TPSA) is 35.5 Å². The van der Waals surface area contributed by atoms with Crippen LogP contribution in [0, 0.1) is 5.92 Å². The number of rotatable bonds is 6. The Morgan fingerprint density at radius 3 is 2.53 bits per heavy atom. The molecule has 0 heterocycles. The number of benzene rings is 1. The van der Waals surface area contributed by atoms with E-state index in [2.05, 4.69) is 13.8 Å². The SMILES string of the molecule is COc1ccc(C(C)=O)cc1OCCC(C)C. The van der Waals surface area contributed by atoms with Gasteiger partial charge in [-0.25, -0.2) is 0 Å². The second-order valence-electron chi connectivity index (χ2n) is 4.45. The standard InChI is InChI=1S/C14H20O3/c1-10(2)7-8-17-14-9-12(11(3)15)5-6-13(14)16-4/h5-6,9-10H,7-8H2,1-4H3. The highest BCUT2D eigenvalue weighted by Crippen LogP contribution is 2.28. The van der Waals surface area contributed by atoms with Crippen molar-refractivity contribution in [1.82, 2.24) is 0 Å². The summed E-state index contributed by atoms with van der Waals surface area (Å²) in [5, 5.41) is 0. The molecule has 0 aromatic heterocycles. The van der Waals surface area contributed by atoms with E-state index in [0.29, 0.717) is 29.6 Å². The fourth-order valence-electron chi connectivity index (χ4n) is 1.41. The maximum absolute atomic E-state index is 11.3. The number of hydrogen-bond donors (Lipinski definition) is 0. The number of carbonyl (C=O) groups is 1. The molecule has 0 aliphatic heterocycles. The number of methoxy groups -OCH3 is 1. The molecule has 0 N–H and O–H groups in total. The molecule has 17 heavy (non-hydrogen) atoms. The Morgan fingerprint density at radius 1 is 1.29 bits per heavy atom. The van der Waals surface area contributed by atoms with Gasteiger partial charge in [-0.1, -0.05) is 13.8 Å². The van der Waals surface area contributed by atoms with Crippen LogP contribution in [-0.2, 0) is 0 Å². The quantitative estimate of drug-likeness (QED) is 0.711. The maximum Gasteiger partial charge on any atom is 0.161 e. The van der Waals surface area contributed by atoms with E-state index in [1.165, 1.54) is 0 Å². The molecule has 0 amide bonds. The summed E-state index contributed by atoms with van der Waals surface area (Å²) in [4.78, 5) is 11.3. The van der Waals surface area contributed by atoms with Gasteiger partial charge in [-0.05, 0) is 37.5 Å². The van der Waals surface area contributed by atoms with Gasteiger partial charge < -0.3 is 9.47 Å². The monoisotopic (exact) mass is 236 g/mol. The van der Waals surface area contributed by atoms with Crippen molar-refractivity contribution < 1.29 is 14.3 Å². The van der Waals surface area contributed by atoms with Gasteiger partial charge in [-0.3, -0.25) is 4.79 Å². The zero-order valence-electron chi connectivity index (χ0n) is 10.9. The summed E-state index contributed by atoms with van der Waals surface area (Å²) in [5.74, 6) is 1.93. The predicted molar refractivity (Wildman–Crippen MR) is 67.9 cm³/mol. The average molecular weight is 236 g/mol. The van der Waals surface area contributed by atoms with Crippen LogP contribution in [0.25, 0.3) is 0 Å². The van der Waals surface area contributed by atoms with Crippen molar-refractivity contribution in [1.29, 1.82) is 0 Å². The predicted octanol–water partition coefficient (Wildman–Crippen LogP) is 3.32. The normalized spacial score (nSPS) is 10.4. The van der Waals surface area contributed by atoms with Gasteiger partial charge in [0.1, 0.15) is 0 Å². The molecule has 1 rings (SSSR count). The van der Waals surface area contributed by atoms with Crippen molar-refractivity contribution in [3.05, 3.63) is 23.8 Å². The molecule has 0 unspecified atom stereocenters. The van der Waals surface area contributed by atoms with Gasteiger partial charge in [-0.2, -0.15) is 0 Å². The van der Waals surface area contributed by atoms with E-state index >= 15 is 0 Å². The summed E-state index contributed by atoms with van der Waals surface area (Å²) in [6, 6.07) is 5.25. The van der Waals surface area contributed by atoms with Crippen LogP contribution in [0.2, 0.25) is 0 Å². The molecule has 0 fully saturated rings. The van der Waals surface area contributed by atoms with Crippen molar-refractivity contribution in [3.8, 4) is 11.5 Å². The summed E-state index contributed by atoms with van der Waals surface area (Å²) < 4.78 is 10.9. The molecule has 0 aliphatic rings. The Kier molecular flexibility index (Phi) is 5.01. The van der Waals surface area contributed by atoms with Crippen molar-refractivity contribution in [2.24, 2.45) is 5.92 Å². The molecule has 1 aromatic rings. The van der Waals surface area contributed by atoms with E-state index < -0.39 is 0 Å². The lowest BCUT2D eigenvalue weighted by atomic mass is 10.1. The third kappa shape index (κ3) is 4.10. The van der Waals surface area contributed by atoms with Crippen LogP contribution in [0.15, 0.2) is 18.2 Å². The molecular formula is C14H20O3. The molecule has 0 saturated heterocycles. The van der Waals surface area contributed by atoms with Gasteiger partial charge in [0.15, 0.2) is 17.3 Å². The summed E-state index contributed by atoms with van der Waals surface area (Å²) in [7, 11) is 1.60. The average Bonchev–Trinajstić information content (AvgIpc) is 2.28. The number of carbonyl (C=O) groups excluding carboxylic acids is 1. The lowest BCUT2D eigenvalue weighted by Crippen LogP contribution is -2.03. The Bertz CT molecular complexity index is 383. The van der Waals surface area contributed by atoms with Crippen LogP contribution in [0.1, 0.15) is 37.6 Å². The van der Waals surface area contributed by atoms with Crippen LogP contribution in [0.3, 0.4) is 0 Å². The Morgan fingerprint density at radius 2 is 2.00 bits per heavy atom. The molecule has 0 saturated carbocycles. The molecule has 0 atom stereocenters.